The van der Waals surface area contributed by atoms with Gasteiger partial charge >= 0.3 is 5.97 Å². The summed E-state index contributed by atoms with van der Waals surface area (Å²) in [5.74, 6) is -0.253. The fourth-order valence-electron chi connectivity index (χ4n) is 2.95. The molecule has 0 spiro atoms. The van der Waals surface area contributed by atoms with Gasteiger partial charge in [0.15, 0.2) is 0 Å². The van der Waals surface area contributed by atoms with Crippen LogP contribution in [0.15, 0.2) is 18.2 Å². The highest BCUT2D eigenvalue weighted by atomic mass is 16.5. The normalized spacial score (nSPS) is 21.7. The maximum Gasteiger partial charge on any atom is 0.307 e. The van der Waals surface area contributed by atoms with Gasteiger partial charge < -0.3 is 9.84 Å². The van der Waals surface area contributed by atoms with Crippen molar-refractivity contribution in [3.05, 3.63) is 29.3 Å². The van der Waals surface area contributed by atoms with E-state index in [2.05, 4.69) is 6.07 Å². The van der Waals surface area contributed by atoms with Gasteiger partial charge in [-0.1, -0.05) is 26.0 Å². The van der Waals surface area contributed by atoms with Crippen molar-refractivity contribution in [1.29, 1.82) is 0 Å². The average Bonchev–Trinajstić information content (AvgIpc) is 2.27. The van der Waals surface area contributed by atoms with E-state index in [0.29, 0.717) is 6.42 Å². The zero-order chi connectivity index (χ0) is 12.6. The number of aryl methyl sites for hydroxylation is 1. The summed E-state index contributed by atoms with van der Waals surface area (Å²) in [5.41, 5.74) is 1.89. The highest BCUT2D eigenvalue weighted by Gasteiger charge is 2.42. The Bertz CT molecular complexity index is 435. The highest BCUT2D eigenvalue weighted by Crippen LogP contribution is 2.45. The molecule has 1 aromatic carbocycles. The quantitative estimate of drug-likeness (QED) is 0.855. The van der Waals surface area contributed by atoms with E-state index in [1.807, 2.05) is 26.0 Å². The van der Waals surface area contributed by atoms with Gasteiger partial charge in [-0.2, -0.15) is 0 Å². The summed E-state index contributed by atoms with van der Waals surface area (Å²) in [6.07, 6.45) is 1.51. The predicted molar refractivity (Wildman–Crippen MR) is 65.5 cm³/mol. The van der Waals surface area contributed by atoms with Crippen molar-refractivity contribution in [3.63, 3.8) is 0 Å². The molecule has 0 aromatic heterocycles. The lowest BCUT2D eigenvalue weighted by atomic mass is 9.65. The Morgan fingerprint density at radius 1 is 1.47 bits per heavy atom. The van der Waals surface area contributed by atoms with Crippen molar-refractivity contribution in [3.8, 4) is 5.75 Å². The summed E-state index contributed by atoms with van der Waals surface area (Å²) in [6, 6.07) is 5.94. The second kappa shape index (κ2) is 4.06. The number of rotatable bonds is 2. The second-order valence-electron chi connectivity index (χ2n) is 5.15. The lowest BCUT2D eigenvalue weighted by Crippen LogP contribution is -2.39. The molecule has 1 aliphatic rings. The Morgan fingerprint density at radius 2 is 2.18 bits per heavy atom. The first-order chi connectivity index (χ1) is 7.98. The molecule has 0 bridgehead atoms. The van der Waals surface area contributed by atoms with Crippen LogP contribution in [0.25, 0.3) is 0 Å². The smallest absolute Gasteiger partial charge is 0.307 e. The third-order valence-electron chi connectivity index (χ3n) is 3.85. The number of carboxylic acid groups (broad SMARTS) is 1. The van der Waals surface area contributed by atoms with Crippen molar-refractivity contribution in [2.24, 2.45) is 5.92 Å². The first kappa shape index (κ1) is 12.0. The Hall–Kier alpha value is -1.51. The van der Waals surface area contributed by atoms with Crippen LogP contribution in [0.2, 0.25) is 0 Å². The minimum Gasteiger partial charge on any atom is -0.496 e. The van der Waals surface area contributed by atoms with Crippen molar-refractivity contribution in [2.45, 2.75) is 32.1 Å². The molecule has 17 heavy (non-hydrogen) atoms. The van der Waals surface area contributed by atoms with E-state index in [-0.39, 0.29) is 11.3 Å². The van der Waals surface area contributed by atoms with Crippen LogP contribution in [-0.4, -0.2) is 18.2 Å². The van der Waals surface area contributed by atoms with Gasteiger partial charge in [0.25, 0.3) is 0 Å². The Labute approximate surface area is 101 Å². The third kappa shape index (κ3) is 1.79. The van der Waals surface area contributed by atoms with Gasteiger partial charge in [0.1, 0.15) is 5.75 Å². The molecule has 0 fully saturated rings. The van der Waals surface area contributed by atoms with Crippen LogP contribution in [0, 0.1) is 5.92 Å². The standard InChI is InChI=1S/C14H18O3/c1-14(2)10(13(15)16)8-7-9-5-4-6-11(17-3)12(9)14/h4-6,10H,7-8H2,1-3H3,(H,15,16). The molecule has 1 aromatic rings. The first-order valence-electron chi connectivity index (χ1n) is 5.87. The Morgan fingerprint density at radius 3 is 2.76 bits per heavy atom. The zero-order valence-corrected chi connectivity index (χ0v) is 10.5. The molecule has 1 N–H and O–H groups in total. The largest absolute Gasteiger partial charge is 0.496 e. The maximum atomic E-state index is 11.3. The number of methoxy groups -OCH3 is 1. The van der Waals surface area contributed by atoms with Crippen LogP contribution in [0.5, 0.6) is 5.75 Å². The topological polar surface area (TPSA) is 46.5 Å². The summed E-state index contributed by atoms with van der Waals surface area (Å²) in [6.45, 7) is 3.98. The number of carbonyl (C=O) groups is 1. The maximum absolute atomic E-state index is 11.3. The molecule has 0 saturated heterocycles. The monoisotopic (exact) mass is 234 g/mol. The number of fused-ring (bicyclic) bond motifs is 1. The summed E-state index contributed by atoms with van der Waals surface area (Å²) in [5, 5.41) is 9.32. The van der Waals surface area contributed by atoms with E-state index >= 15 is 0 Å². The van der Waals surface area contributed by atoms with Crippen LogP contribution in [0.3, 0.4) is 0 Å². The van der Waals surface area contributed by atoms with Crippen LogP contribution in [0.4, 0.5) is 0 Å². The molecular formula is C14H18O3. The van der Waals surface area contributed by atoms with Gasteiger partial charge in [0, 0.05) is 11.0 Å². The van der Waals surface area contributed by atoms with E-state index in [0.717, 1.165) is 17.7 Å². The van der Waals surface area contributed by atoms with Gasteiger partial charge in [0.2, 0.25) is 0 Å². The van der Waals surface area contributed by atoms with Gasteiger partial charge in [-0.05, 0) is 24.5 Å². The van der Waals surface area contributed by atoms with Crippen molar-refractivity contribution < 1.29 is 14.6 Å². The first-order valence-corrected chi connectivity index (χ1v) is 5.87. The lowest BCUT2D eigenvalue weighted by Gasteiger charge is -2.38. The lowest BCUT2D eigenvalue weighted by molar-refractivity contribution is -0.144. The molecule has 1 aliphatic carbocycles. The number of benzene rings is 1. The fraction of sp³-hybridized carbons (Fsp3) is 0.500. The minimum absolute atomic E-state index is 0.341. The van der Waals surface area contributed by atoms with Gasteiger partial charge in [-0.3, -0.25) is 4.79 Å². The molecule has 3 nitrogen and oxygen atoms in total. The van der Waals surface area contributed by atoms with Gasteiger partial charge in [-0.25, -0.2) is 0 Å². The molecule has 0 aliphatic heterocycles. The summed E-state index contributed by atoms with van der Waals surface area (Å²) >= 11 is 0. The molecule has 3 heteroatoms. The number of hydrogen-bond donors (Lipinski definition) is 1. The second-order valence-corrected chi connectivity index (χ2v) is 5.15. The molecular weight excluding hydrogens is 216 g/mol. The van der Waals surface area contributed by atoms with Crippen molar-refractivity contribution in [2.75, 3.05) is 7.11 Å². The number of hydrogen-bond acceptors (Lipinski definition) is 2. The molecule has 92 valence electrons. The van der Waals surface area contributed by atoms with Crippen molar-refractivity contribution >= 4 is 5.97 Å². The number of ether oxygens (including phenoxy) is 1. The SMILES string of the molecule is COc1cccc2c1C(C)(C)C(C(=O)O)CC2. The fourth-order valence-corrected chi connectivity index (χ4v) is 2.95. The highest BCUT2D eigenvalue weighted by molar-refractivity contribution is 5.73. The molecule has 2 rings (SSSR count). The van der Waals surface area contributed by atoms with Gasteiger partial charge in [-0.15, -0.1) is 0 Å². The summed E-state index contributed by atoms with van der Waals surface area (Å²) < 4.78 is 5.38. The Balaban J connectivity index is 2.58. The minimum atomic E-state index is -0.716. The van der Waals surface area contributed by atoms with Crippen LogP contribution in [-0.2, 0) is 16.6 Å². The number of carboxylic acids is 1. The number of aliphatic carboxylic acids is 1. The van der Waals surface area contributed by atoms with E-state index in [1.54, 1.807) is 7.11 Å². The average molecular weight is 234 g/mol. The van der Waals surface area contributed by atoms with Crippen LogP contribution < -0.4 is 4.74 Å². The molecule has 0 amide bonds. The van der Waals surface area contributed by atoms with E-state index in [9.17, 15) is 9.90 Å². The molecule has 1 atom stereocenters. The zero-order valence-electron chi connectivity index (χ0n) is 10.5. The van der Waals surface area contributed by atoms with Gasteiger partial charge in [0.05, 0.1) is 13.0 Å². The molecule has 0 saturated carbocycles. The summed E-state index contributed by atoms with van der Waals surface area (Å²) in [4.78, 5) is 11.3. The van der Waals surface area contributed by atoms with Crippen molar-refractivity contribution in [1.82, 2.24) is 0 Å². The predicted octanol–water partition coefficient (Wildman–Crippen LogP) is 2.62. The molecule has 0 heterocycles. The Kier molecular flexibility index (Phi) is 2.86. The van der Waals surface area contributed by atoms with E-state index in [1.165, 1.54) is 5.56 Å². The van der Waals surface area contributed by atoms with Crippen LogP contribution in [0.1, 0.15) is 31.4 Å². The summed E-state index contributed by atoms with van der Waals surface area (Å²) in [7, 11) is 1.63. The van der Waals surface area contributed by atoms with Crippen LogP contribution >= 0.6 is 0 Å². The molecule has 0 radical (unpaired) electrons. The third-order valence-corrected chi connectivity index (χ3v) is 3.85. The molecule has 1 unspecified atom stereocenters. The van der Waals surface area contributed by atoms with E-state index in [4.69, 9.17) is 4.74 Å². The van der Waals surface area contributed by atoms with E-state index < -0.39 is 5.97 Å².